The number of nitrogens with two attached hydrogens (primary N) is 1. The molecule has 1 amide bonds. The SMILES string of the molecule is CC(C)Nc1ncnc(N)c1C(=N)c1cc2c(cc1F)N(C=O)CC2. The van der Waals surface area contributed by atoms with Gasteiger partial charge in [-0.05, 0) is 38.0 Å². The Balaban J connectivity index is 2.07. The lowest BCUT2D eigenvalue weighted by molar-refractivity contribution is -0.107. The summed E-state index contributed by atoms with van der Waals surface area (Å²) in [5, 5.41) is 11.6. The highest BCUT2D eigenvalue weighted by Gasteiger charge is 2.25. The van der Waals surface area contributed by atoms with E-state index in [1.54, 1.807) is 6.07 Å². The number of nitrogen functional groups attached to an aromatic ring is 1. The fraction of sp³-hybridized carbons (Fsp3) is 0.294. The van der Waals surface area contributed by atoms with Crippen molar-refractivity contribution in [3.8, 4) is 0 Å². The molecular weight excluding hydrogens is 323 g/mol. The molecule has 1 aromatic carbocycles. The van der Waals surface area contributed by atoms with Crippen LogP contribution in [0.25, 0.3) is 0 Å². The molecule has 2 aromatic rings. The van der Waals surface area contributed by atoms with Gasteiger partial charge < -0.3 is 16.0 Å². The maximum absolute atomic E-state index is 14.6. The number of nitrogens with one attached hydrogen (secondary N) is 2. The molecular formula is C17H19FN6O. The molecule has 1 aliphatic heterocycles. The van der Waals surface area contributed by atoms with Gasteiger partial charge in [-0.15, -0.1) is 0 Å². The number of rotatable bonds is 5. The summed E-state index contributed by atoms with van der Waals surface area (Å²) in [5.74, 6) is -0.0873. The van der Waals surface area contributed by atoms with Crippen LogP contribution in [0.4, 0.5) is 21.7 Å². The lowest BCUT2D eigenvalue weighted by atomic mass is 9.99. The normalized spacial score (nSPS) is 13.0. The molecule has 4 N–H and O–H groups in total. The lowest BCUT2D eigenvalue weighted by Crippen LogP contribution is -2.19. The highest BCUT2D eigenvalue weighted by atomic mass is 19.1. The van der Waals surface area contributed by atoms with Crippen LogP contribution in [0.1, 0.15) is 30.5 Å². The molecule has 0 radical (unpaired) electrons. The first-order valence-electron chi connectivity index (χ1n) is 7.93. The van der Waals surface area contributed by atoms with E-state index >= 15 is 0 Å². The van der Waals surface area contributed by atoms with Crippen molar-refractivity contribution in [3.63, 3.8) is 0 Å². The van der Waals surface area contributed by atoms with Crippen LogP contribution in [0.3, 0.4) is 0 Å². The summed E-state index contributed by atoms with van der Waals surface area (Å²) < 4.78 is 14.6. The van der Waals surface area contributed by atoms with Gasteiger partial charge in [0.15, 0.2) is 0 Å². The molecule has 0 aliphatic carbocycles. The predicted molar refractivity (Wildman–Crippen MR) is 94.6 cm³/mol. The first-order valence-corrected chi connectivity index (χ1v) is 7.93. The lowest BCUT2D eigenvalue weighted by Gasteiger charge is -2.17. The van der Waals surface area contributed by atoms with Gasteiger partial charge in [0.05, 0.1) is 11.3 Å². The Hall–Kier alpha value is -3.03. The van der Waals surface area contributed by atoms with Gasteiger partial charge in [0.1, 0.15) is 23.8 Å². The third-order valence-corrected chi connectivity index (χ3v) is 4.05. The molecule has 0 saturated heterocycles. The zero-order valence-electron chi connectivity index (χ0n) is 14.0. The number of nitrogens with zero attached hydrogens (tertiary/aromatic N) is 3. The van der Waals surface area contributed by atoms with Crippen LogP contribution in [0, 0.1) is 11.2 Å². The number of benzene rings is 1. The van der Waals surface area contributed by atoms with Crippen molar-refractivity contribution >= 4 is 29.4 Å². The van der Waals surface area contributed by atoms with E-state index < -0.39 is 5.82 Å². The average Bonchev–Trinajstić information content (AvgIpc) is 2.95. The Labute approximate surface area is 144 Å². The highest BCUT2D eigenvalue weighted by molar-refractivity contribution is 6.16. The van der Waals surface area contributed by atoms with Crippen LogP contribution in [0.15, 0.2) is 18.5 Å². The molecule has 7 nitrogen and oxygen atoms in total. The van der Waals surface area contributed by atoms with Gasteiger partial charge in [-0.3, -0.25) is 10.2 Å². The van der Waals surface area contributed by atoms with E-state index in [0.717, 1.165) is 5.56 Å². The van der Waals surface area contributed by atoms with E-state index in [0.29, 0.717) is 30.9 Å². The zero-order chi connectivity index (χ0) is 18.1. The Bertz CT molecular complexity index is 851. The summed E-state index contributed by atoms with van der Waals surface area (Å²) in [6.07, 6.45) is 2.61. The van der Waals surface area contributed by atoms with Crippen LogP contribution in [0.2, 0.25) is 0 Å². The summed E-state index contributed by atoms with van der Waals surface area (Å²) in [6.45, 7) is 4.36. The van der Waals surface area contributed by atoms with E-state index in [9.17, 15) is 9.18 Å². The van der Waals surface area contributed by atoms with E-state index in [-0.39, 0.29) is 28.7 Å². The van der Waals surface area contributed by atoms with Crippen molar-refractivity contribution in [2.24, 2.45) is 0 Å². The van der Waals surface area contributed by atoms with Crippen LogP contribution in [-0.2, 0) is 11.2 Å². The highest BCUT2D eigenvalue weighted by Crippen LogP contribution is 2.32. The van der Waals surface area contributed by atoms with Gasteiger partial charge in [-0.1, -0.05) is 0 Å². The molecule has 0 saturated carbocycles. The van der Waals surface area contributed by atoms with Crippen LogP contribution < -0.4 is 16.0 Å². The molecule has 2 heterocycles. The van der Waals surface area contributed by atoms with E-state index in [1.165, 1.54) is 17.3 Å². The van der Waals surface area contributed by atoms with Crippen molar-refractivity contribution in [2.45, 2.75) is 26.3 Å². The van der Waals surface area contributed by atoms with Crippen molar-refractivity contribution in [3.05, 3.63) is 41.0 Å². The van der Waals surface area contributed by atoms with E-state index in [1.807, 2.05) is 13.8 Å². The number of amides is 1. The minimum absolute atomic E-state index is 0.0619. The van der Waals surface area contributed by atoms with Gasteiger partial charge in [-0.25, -0.2) is 14.4 Å². The maximum Gasteiger partial charge on any atom is 0.214 e. The number of hydrogen-bond donors (Lipinski definition) is 3. The molecule has 0 bridgehead atoms. The summed E-state index contributed by atoms with van der Waals surface area (Å²) >= 11 is 0. The van der Waals surface area contributed by atoms with Crippen molar-refractivity contribution in [1.82, 2.24) is 9.97 Å². The van der Waals surface area contributed by atoms with Gasteiger partial charge in [0.2, 0.25) is 6.41 Å². The fourth-order valence-corrected chi connectivity index (χ4v) is 2.90. The van der Waals surface area contributed by atoms with Gasteiger partial charge in [0, 0.05) is 23.8 Å². The quantitative estimate of drug-likeness (QED) is 0.568. The number of anilines is 3. The van der Waals surface area contributed by atoms with Gasteiger partial charge >= 0.3 is 0 Å². The third kappa shape index (κ3) is 3.02. The first kappa shape index (κ1) is 16.8. The molecule has 25 heavy (non-hydrogen) atoms. The van der Waals surface area contributed by atoms with Gasteiger partial charge in [0.25, 0.3) is 0 Å². The second-order valence-electron chi connectivity index (χ2n) is 6.17. The smallest absolute Gasteiger partial charge is 0.214 e. The second kappa shape index (κ2) is 6.46. The molecule has 0 unspecified atom stereocenters. The van der Waals surface area contributed by atoms with Crippen molar-refractivity contribution < 1.29 is 9.18 Å². The molecule has 1 aromatic heterocycles. The second-order valence-corrected chi connectivity index (χ2v) is 6.17. The molecule has 0 atom stereocenters. The average molecular weight is 342 g/mol. The monoisotopic (exact) mass is 342 g/mol. The summed E-state index contributed by atoms with van der Waals surface area (Å²) in [4.78, 5) is 20.6. The summed E-state index contributed by atoms with van der Waals surface area (Å²) in [6, 6.07) is 2.95. The molecule has 1 aliphatic rings. The molecule has 8 heteroatoms. The topological polar surface area (TPSA) is 108 Å². The molecule has 0 fully saturated rings. The maximum atomic E-state index is 14.6. The van der Waals surface area contributed by atoms with Crippen LogP contribution in [0.5, 0.6) is 0 Å². The minimum Gasteiger partial charge on any atom is -0.383 e. The summed E-state index contributed by atoms with van der Waals surface area (Å²) in [5.41, 5.74) is 7.58. The Morgan fingerprint density at radius 1 is 1.44 bits per heavy atom. The number of aromatic nitrogens is 2. The number of carbonyl (C=O) groups excluding carboxylic acids is 1. The Morgan fingerprint density at radius 2 is 2.20 bits per heavy atom. The zero-order valence-corrected chi connectivity index (χ0v) is 14.0. The van der Waals surface area contributed by atoms with Crippen LogP contribution in [-0.4, -0.2) is 34.7 Å². The Morgan fingerprint density at radius 3 is 2.88 bits per heavy atom. The number of halogens is 1. The number of carbonyl (C=O) groups is 1. The number of hydrogen-bond acceptors (Lipinski definition) is 6. The third-order valence-electron chi connectivity index (χ3n) is 4.05. The Kier molecular flexibility index (Phi) is 4.35. The predicted octanol–water partition coefficient (Wildman–Crippen LogP) is 1.95. The number of fused-ring (bicyclic) bond motifs is 1. The van der Waals surface area contributed by atoms with Crippen molar-refractivity contribution in [2.75, 3.05) is 22.5 Å². The van der Waals surface area contributed by atoms with E-state index in [2.05, 4.69) is 15.3 Å². The summed E-state index contributed by atoms with van der Waals surface area (Å²) in [7, 11) is 0. The fourth-order valence-electron chi connectivity index (χ4n) is 2.90. The molecule has 3 rings (SSSR count). The largest absolute Gasteiger partial charge is 0.383 e. The molecule has 0 spiro atoms. The van der Waals surface area contributed by atoms with E-state index in [4.69, 9.17) is 11.1 Å². The first-order chi connectivity index (χ1) is 11.9. The minimum atomic E-state index is -0.587. The van der Waals surface area contributed by atoms with Crippen LogP contribution >= 0.6 is 0 Å². The van der Waals surface area contributed by atoms with Gasteiger partial charge in [-0.2, -0.15) is 0 Å². The standard InChI is InChI=1S/C17H19FN6O/c1-9(2)23-17-14(16(20)21-7-22-17)15(19)11-5-10-3-4-24(8-25)13(10)6-12(11)18/h5-9,19H,3-4H2,1-2H3,(H3,20,21,22,23). The molecule has 130 valence electrons. The van der Waals surface area contributed by atoms with Crippen molar-refractivity contribution in [1.29, 1.82) is 5.41 Å².